The molecule has 1 aromatic heterocycles. The zero-order chi connectivity index (χ0) is 13.4. The summed E-state index contributed by atoms with van der Waals surface area (Å²) in [5, 5.41) is -0.596. The highest BCUT2D eigenvalue weighted by molar-refractivity contribution is 7.88. The minimum Gasteiger partial charge on any atom is -0.373 e. The summed E-state index contributed by atoms with van der Waals surface area (Å²) in [6.45, 7) is 1.44. The number of halogens is 5. The summed E-state index contributed by atoms with van der Waals surface area (Å²) < 4.78 is 61.3. The lowest BCUT2D eigenvalue weighted by atomic mass is 10.4. The molecule has 96 valence electrons. The topological polar surface area (TPSA) is 56.3 Å². The molecule has 0 atom stereocenters. The highest BCUT2D eigenvalue weighted by atomic mass is 35.5. The van der Waals surface area contributed by atoms with E-state index in [1.54, 1.807) is 0 Å². The zero-order valence-electron chi connectivity index (χ0n) is 8.05. The van der Waals surface area contributed by atoms with E-state index in [9.17, 15) is 21.6 Å². The summed E-state index contributed by atoms with van der Waals surface area (Å²) in [7, 11) is -5.79. The average Bonchev–Trinajstić information content (AvgIpc) is 2.12. The second-order valence-corrected chi connectivity index (χ2v) is 5.13. The fourth-order valence-corrected chi connectivity index (χ4v) is 1.62. The van der Waals surface area contributed by atoms with E-state index in [-0.39, 0.29) is 10.7 Å². The minimum atomic E-state index is -5.79. The lowest BCUT2D eigenvalue weighted by Crippen LogP contribution is -2.28. The van der Waals surface area contributed by atoms with E-state index in [4.69, 9.17) is 23.2 Å². The third-order valence-electron chi connectivity index (χ3n) is 1.56. The van der Waals surface area contributed by atoms with Crippen molar-refractivity contribution in [2.24, 2.45) is 0 Å². The van der Waals surface area contributed by atoms with E-state index < -0.39 is 26.5 Å². The number of hydrogen-bond acceptors (Lipinski definition) is 4. The van der Waals surface area contributed by atoms with Crippen LogP contribution < -0.4 is 4.18 Å². The first kappa shape index (κ1) is 14.3. The van der Waals surface area contributed by atoms with Crippen LogP contribution in [0.15, 0.2) is 6.07 Å². The summed E-state index contributed by atoms with van der Waals surface area (Å²) in [4.78, 5) is 3.52. The van der Waals surface area contributed by atoms with Crippen LogP contribution in [0.5, 0.6) is 5.75 Å². The maximum atomic E-state index is 12.0. The van der Waals surface area contributed by atoms with Crippen LogP contribution in [0.4, 0.5) is 13.2 Å². The van der Waals surface area contributed by atoms with E-state index in [2.05, 4.69) is 9.17 Å². The Morgan fingerprint density at radius 3 is 2.35 bits per heavy atom. The molecule has 0 saturated carbocycles. The standard InChI is InChI=1S/C7H4Cl2F3NO3S/c1-3-4(8)2-5(6(9)13-3)16-17(14,15)7(10,11)12/h2H,1H3. The molecular formula is C7H4Cl2F3NO3S. The number of aromatic nitrogens is 1. The molecule has 1 heterocycles. The van der Waals surface area contributed by atoms with Gasteiger partial charge in [-0.3, -0.25) is 0 Å². The van der Waals surface area contributed by atoms with Gasteiger partial charge in [-0.2, -0.15) is 21.6 Å². The Balaban J connectivity index is 3.18. The molecule has 0 bridgehead atoms. The van der Waals surface area contributed by atoms with Crippen LogP contribution in [-0.4, -0.2) is 18.9 Å². The number of aryl methyl sites for hydroxylation is 1. The van der Waals surface area contributed by atoms with Gasteiger partial charge in [-0.05, 0) is 6.92 Å². The van der Waals surface area contributed by atoms with Crippen LogP contribution in [0.3, 0.4) is 0 Å². The Morgan fingerprint density at radius 1 is 1.35 bits per heavy atom. The van der Waals surface area contributed by atoms with Gasteiger partial charge in [0.2, 0.25) is 0 Å². The van der Waals surface area contributed by atoms with Crippen molar-refractivity contribution in [1.29, 1.82) is 0 Å². The molecule has 0 unspecified atom stereocenters. The molecule has 1 aromatic rings. The molecule has 1 rings (SSSR count). The second-order valence-electron chi connectivity index (χ2n) is 2.83. The van der Waals surface area contributed by atoms with Crippen LogP contribution >= 0.6 is 23.2 Å². The van der Waals surface area contributed by atoms with Gasteiger partial charge in [-0.1, -0.05) is 23.2 Å². The molecule has 0 N–H and O–H groups in total. The Labute approximate surface area is 104 Å². The summed E-state index contributed by atoms with van der Waals surface area (Å²) in [6.07, 6.45) is 0. The van der Waals surface area contributed by atoms with Crippen molar-refractivity contribution in [2.45, 2.75) is 12.4 Å². The van der Waals surface area contributed by atoms with Crippen molar-refractivity contribution in [1.82, 2.24) is 4.98 Å². The predicted octanol–water partition coefficient (Wildman–Crippen LogP) is 2.93. The van der Waals surface area contributed by atoms with Crippen LogP contribution in [-0.2, 0) is 10.1 Å². The van der Waals surface area contributed by atoms with Gasteiger partial charge in [0.05, 0.1) is 10.7 Å². The number of alkyl halides is 3. The number of rotatable bonds is 2. The van der Waals surface area contributed by atoms with Crippen LogP contribution in [0, 0.1) is 6.92 Å². The number of hydrogen-bond donors (Lipinski definition) is 0. The van der Waals surface area contributed by atoms with Crippen molar-refractivity contribution in [3.63, 3.8) is 0 Å². The smallest absolute Gasteiger partial charge is 0.373 e. The van der Waals surface area contributed by atoms with Gasteiger partial charge in [-0.25, -0.2) is 4.98 Å². The van der Waals surface area contributed by atoms with Gasteiger partial charge in [0, 0.05) is 6.07 Å². The molecule has 17 heavy (non-hydrogen) atoms. The zero-order valence-corrected chi connectivity index (χ0v) is 10.4. The summed E-state index contributed by atoms with van der Waals surface area (Å²) in [6, 6.07) is 0.843. The first-order valence-electron chi connectivity index (χ1n) is 3.88. The van der Waals surface area contributed by atoms with Crippen molar-refractivity contribution >= 4 is 33.3 Å². The molecule has 0 amide bonds. The SMILES string of the molecule is Cc1nc(Cl)c(OS(=O)(=O)C(F)(F)F)cc1Cl. The molecule has 4 nitrogen and oxygen atoms in total. The third-order valence-corrected chi connectivity index (χ3v) is 3.17. The molecule has 0 aromatic carbocycles. The molecule has 0 fully saturated rings. The van der Waals surface area contributed by atoms with Gasteiger partial charge in [0.15, 0.2) is 10.9 Å². The van der Waals surface area contributed by atoms with Gasteiger partial charge in [-0.15, -0.1) is 0 Å². The first-order valence-corrected chi connectivity index (χ1v) is 6.04. The Morgan fingerprint density at radius 2 is 1.88 bits per heavy atom. The van der Waals surface area contributed by atoms with E-state index in [1.807, 2.05) is 0 Å². The van der Waals surface area contributed by atoms with Gasteiger partial charge < -0.3 is 4.18 Å². The predicted molar refractivity (Wildman–Crippen MR) is 54.6 cm³/mol. The van der Waals surface area contributed by atoms with Crippen molar-refractivity contribution < 1.29 is 25.8 Å². The lowest BCUT2D eigenvalue weighted by Gasteiger charge is -2.10. The summed E-state index contributed by atoms with van der Waals surface area (Å²) in [5.41, 5.74) is -5.32. The fourth-order valence-electron chi connectivity index (χ4n) is 0.759. The Bertz CT molecular complexity index is 544. The largest absolute Gasteiger partial charge is 0.534 e. The van der Waals surface area contributed by atoms with E-state index >= 15 is 0 Å². The van der Waals surface area contributed by atoms with Gasteiger partial charge >= 0.3 is 15.6 Å². The molecule has 0 radical (unpaired) electrons. The van der Waals surface area contributed by atoms with Crippen molar-refractivity contribution in [3.05, 3.63) is 21.9 Å². The summed E-state index contributed by atoms with van der Waals surface area (Å²) >= 11 is 11.0. The van der Waals surface area contributed by atoms with E-state index in [0.29, 0.717) is 0 Å². The van der Waals surface area contributed by atoms with Crippen LogP contribution in [0.1, 0.15) is 5.69 Å². The monoisotopic (exact) mass is 309 g/mol. The fraction of sp³-hybridized carbons (Fsp3) is 0.286. The summed E-state index contributed by atoms with van der Waals surface area (Å²) in [5.74, 6) is -0.778. The van der Waals surface area contributed by atoms with Gasteiger partial charge in [0.25, 0.3) is 0 Å². The number of pyridine rings is 1. The van der Waals surface area contributed by atoms with Crippen LogP contribution in [0.25, 0.3) is 0 Å². The van der Waals surface area contributed by atoms with Gasteiger partial charge in [0.1, 0.15) is 0 Å². The van der Waals surface area contributed by atoms with Crippen LogP contribution in [0.2, 0.25) is 10.2 Å². The maximum Gasteiger partial charge on any atom is 0.534 e. The molecule has 0 spiro atoms. The normalized spacial score (nSPS) is 12.6. The highest BCUT2D eigenvalue weighted by Gasteiger charge is 2.48. The first-order chi connectivity index (χ1) is 7.54. The minimum absolute atomic E-state index is 0.0678. The highest BCUT2D eigenvalue weighted by Crippen LogP contribution is 2.32. The van der Waals surface area contributed by atoms with Crippen molar-refractivity contribution in [2.75, 3.05) is 0 Å². The average molecular weight is 310 g/mol. The Hall–Kier alpha value is -0.730. The van der Waals surface area contributed by atoms with E-state index in [1.165, 1.54) is 6.92 Å². The molecular weight excluding hydrogens is 306 g/mol. The third kappa shape index (κ3) is 3.14. The second kappa shape index (κ2) is 4.51. The maximum absolute atomic E-state index is 12.0. The molecule has 0 saturated heterocycles. The molecule has 10 heteroatoms. The lowest BCUT2D eigenvalue weighted by molar-refractivity contribution is -0.0500. The molecule has 0 aliphatic carbocycles. The molecule has 0 aliphatic rings. The number of nitrogens with zero attached hydrogens (tertiary/aromatic N) is 1. The van der Waals surface area contributed by atoms with Crippen molar-refractivity contribution in [3.8, 4) is 5.75 Å². The Kier molecular flexibility index (Phi) is 3.80. The van der Waals surface area contributed by atoms with E-state index in [0.717, 1.165) is 6.07 Å². The molecule has 0 aliphatic heterocycles. The quantitative estimate of drug-likeness (QED) is 0.479.